The zero-order valence-electron chi connectivity index (χ0n) is 13.1. The number of nitrogens with zero attached hydrogens (tertiary/aromatic N) is 4. The molecule has 0 aliphatic carbocycles. The van der Waals surface area contributed by atoms with Gasteiger partial charge in [-0.25, -0.2) is 4.98 Å². The number of aromatic nitrogens is 2. The summed E-state index contributed by atoms with van der Waals surface area (Å²) < 4.78 is 0. The summed E-state index contributed by atoms with van der Waals surface area (Å²) in [6.45, 7) is 0. The van der Waals surface area contributed by atoms with Crippen molar-refractivity contribution in [3.8, 4) is 6.07 Å². The Morgan fingerprint density at radius 1 is 1.15 bits per heavy atom. The van der Waals surface area contributed by atoms with Crippen molar-refractivity contribution in [2.24, 2.45) is 0 Å². The summed E-state index contributed by atoms with van der Waals surface area (Å²) >= 11 is 11.9. The summed E-state index contributed by atoms with van der Waals surface area (Å²) in [6.07, 6.45) is 1.32. The zero-order chi connectivity index (χ0) is 19.7. The number of fused-ring (bicyclic) bond motifs is 1. The molecular weight excluding hydrogens is 397 g/mol. The maximum atomic E-state index is 11.0. The van der Waals surface area contributed by atoms with Gasteiger partial charge in [0.15, 0.2) is 0 Å². The molecule has 0 unspecified atom stereocenters. The number of halogens is 2. The molecule has 1 N–H and O–H groups in total. The molecule has 0 saturated heterocycles. The highest BCUT2D eigenvalue weighted by Gasteiger charge is 2.17. The third kappa shape index (κ3) is 3.57. The van der Waals surface area contributed by atoms with Crippen LogP contribution in [-0.2, 0) is 0 Å². The summed E-state index contributed by atoms with van der Waals surface area (Å²) in [4.78, 5) is 27.7. The van der Waals surface area contributed by atoms with E-state index in [-0.39, 0.29) is 38.4 Å². The molecule has 9 nitrogen and oxygen atoms in total. The molecule has 11 heteroatoms. The molecule has 134 valence electrons. The average Bonchev–Trinajstić information content (AvgIpc) is 3.03. The van der Waals surface area contributed by atoms with Gasteiger partial charge < -0.3 is 4.98 Å². The van der Waals surface area contributed by atoms with E-state index >= 15 is 0 Å². The maximum absolute atomic E-state index is 11.0. The van der Waals surface area contributed by atoms with E-state index in [0.29, 0.717) is 11.0 Å². The molecule has 0 bridgehead atoms. The highest BCUT2D eigenvalue weighted by Crippen LogP contribution is 2.33. The number of hydrogen-bond donors (Lipinski definition) is 1. The Hall–Kier alpha value is -3.48. The van der Waals surface area contributed by atoms with Crippen LogP contribution in [0.2, 0.25) is 10.0 Å². The van der Waals surface area contributed by atoms with Crippen molar-refractivity contribution in [2.75, 3.05) is 0 Å². The molecule has 2 aromatic carbocycles. The second kappa shape index (κ2) is 7.03. The van der Waals surface area contributed by atoms with Gasteiger partial charge in [0, 0.05) is 28.8 Å². The monoisotopic (exact) mass is 403 g/mol. The molecule has 1 aromatic heterocycles. The molecule has 0 spiro atoms. The number of aromatic amines is 1. The molecule has 0 amide bonds. The van der Waals surface area contributed by atoms with Crippen LogP contribution in [-0.4, -0.2) is 19.8 Å². The van der Waals surface area contributed by atoms with Crippen LogP contribution in [0.4, 0.5) is 11.4 Å². The van der Waals surface area contributed by atoms with Crippen molar-refractivity contribution >= 4 is 57.3 Å². The topological polar surface area (TPSA) is 139 Å². The second-order valence-electron chi connectivity index (χ2n) is 5.30. The summed E-state index contributed by atoms with van der Waals surface area (Å²) in [6, 6.07) is 8.32. The van der Waals surface area contributed by atoms with Gasteiger partial charge in [0.2, 0.25) is 0 Å². The molecular formula is C16H7Cl2N5O4. The van der Waals surface area contributed by atoms with Gasteiger partial charge in [0.05, 0.1) is 26.5 Å². The van der Waals surface area contributed by atoms with E-state index in [1.165, 1.54) is 30.3 Å². The van der Waals surface area contributed by atoms with Crippen molar-refractivity contribution in [3.05, 3.63) is 72.0 Å². The minimum Gasteiger partial charge on any atom is -0.337 e. The normalized spacial score (nSPS) is 11.4. The number of nitro benzene ring substituents is 2. The average molecular weight is 404 g/mol. The molecule has 0 radical (unpaired) electrons. The standard InChI is InChI=1S/C16H7Cl2N5O4/c17-11-6-12(18)15(23(26)27)4-8(11)3-9(7-19)16-20-13-2-1-10(22(24)25)5-14(13)21-16/h1-6H,(H,20,21). The first kappa shape index (κ1) is 18.3. The number of benzene rings is 2. The molecule has 3 aromatic rings. The predicted molar refractivity (Wildman–Crippen MR) is 99.3 cm³/mol. The quantitative estimate of drug-likeness (QED) is 0.378. The first-order valence-electron chi connectivity index (χ1n) is 7.20. The summed E-state index contributed by atoms with van der Waals surface area (Å²) in [5.74, 6) is 0.140. The van der Waals surface area contributed by atoms with E-state index in [0.717, 1.165) is 6.07 Å². The van der Waals surface area contributed by atoms with Crippen molar-refractivity contribution in [1.82, 2.24) is 9.97 Å². The van der Waals surface area contributed by atoms with E-state index in [4.69, 9.17) is 23.2 Å². The molecule has 0 saturated carbocycles. The fraction of sp³-hybridized carbons (Fsp3) is 0. The van der Waals surface area contributed by atoms with Gasteiger partial charge in [-0.1, -0.05) is 23.2 Å². The van der Waals surface area contributed by atoms with Crippen LogP contribution >= 0.6 is 23.2 Å². The van der Waals surface area contributed by atoms with Crippen molar-refractivity contribution in [1.29, 1.82) is 5.26 Å². The van der Waals surface area contributed by atoms with Crippen LogP contribution in [0.5, 0.6) is 0 Å². The summed E-state index contributed by atoms with van der Waals surface area (Å²) in [7, 11) is 0. The Kier molecular flexibility index (Phi) is 4.77. The minimum absolute atomic E-state index is 0.0346. The molecule has 0 aliphatic heterocycles. The van der Waals surface area contributed by atoms with Gasteiger partial charge in [-0.15, -0.1) is 0 Å². The predicted octanol–water partition coefficient (Wildman–Crippen LogP) is 4.75. The lowest BCUT2D eigenvalue weighted by molar-refractivity contribution is -0.384. The van der Waals surface area contributed by atoms with Gasteiger partial charge in [0.1, 0.15) is 16.9 Å². The number of non-ortho nitro benzene ring substituents is 1. The van der Waals surface area contributed by atoms with E-state index in [2.05, 4.69) is 9.97 Å². The van der Waals surface area contributed by atoms with E-state index in [9.17, 15) is 25.5 Å². The fourth-order valence-electron chi connectivity index (χ4n) is 2.35. The lowest BCUT2D eigenvalue weighted by Gasteiger charge is -2.02. The van der Waals surface area contributed by atoms with Crippen LogP contribution in [0.3, 0.4) is 0 Å². The number of rotatable bonds is 4. The Morgan fingerprint density at radius 3 is 2.52 bits per heavy atom. The largest absolute Gasteiger partial charge is 0.337 e. The van der Waals surface area contributed by atoms with Crippen molar-refractivity contribution < 1.29 is 9.85 Å². The first-order valence-corrected chi connectivity index (χ1v) is 7.95. The number of nitro groups is 2. The van der Waals surface area contributed by atoms with Crippen LogP contribution in [0.1, 0.15) is 11.4 Å². The number of imidazole rings is 1. The van der Waals surface area contributed by atoms with Crippen LogP contribution in [0.15, 0.2) is 30.3 Å². The van der Waals surface area contributed by atoms with Crippen LogP contribution in [0.25, 0.3) is 22.7 Å². The fourth-order valence-corrected chi connectivity index (χ4v) is 2.86. The third-order valence-electron chi connectivity index (χ3n) is 3.61. The van der Waals surface area contributed by atoms with Gasteiger partial charge >= 0.3 is 0 Å². The smallest absolute Gasteiger partial charge is 0.288 e. The van der Waals surface area contributed by atoms with Crippen LogP contribution < -0.4 is 0 Å². The molecule has 27 heavy (non-hydrogen) atoms. The van der Waals surface area contributed by atoms with E-state index in [1.807, 2.05) is 6.07 Å². The highest BCUT2D eigenvalue weighted by molar-refractivity contribution is 6.37. The van der Waals surface area contributed by atoms with Crippen molar-refractivity contribution in [2.45, 2.75) is 0 Å². The maximum Gasteiger partial charge on any atom is 0.288 e. The Bertz CT molecular complexity index is 1180. The first-order chi connectivity index (χ1) is 12.8. The van der Waals surface area contributed by atoms with E-state index < -0.39 is 9.85 Å². The molecule has 0 atom stereocenters. The Morgan fingerprint density at radius 2 is 1.89 bits per heavy atom. The van der Waals surface area contributed by atoms with Crippen molar-refractivity contribution in [3.63, 3.8) is 0 Å². The van der Waals surface area contributed by atoms with Gasteiger partial charge in [-0.3, -0.25) is 20.2 Å². The number of allylic oxidation sites excluding steroid dienone is 1. The number of nitriles is 1. The molecule has 0 fully saturated rings. The summed E-state index contributed by atoms with van der Waals surface area (Å²) in [5.41, 5.74) is 0.544. The molecule has 3 rings (SSSR count). The minimum atomic E-state index is -0.664. The second-order valence-corrected chi connectivity index (χ2v) is 6.11. The lowest BCUT2D eigenvalue weighted by Crippen LogP contribution is -1.91. The third-order valence-corrected chi connectivity index (χ3v) is 4.24. The molecule has 1 heterocycles. The van der Waals surface area contributed by atoms with Gasteiger partial charge in [-0.2, -0.15) is 5.26 Å². The van der Waals surface area contributed by atoms with Gasteiger partial charge in [-0.05, 0) is 18.2 Å². The zero-order valence-corrected chi connectivity index (χ0v) is 14.7. The Balaban J connectivity index is 2.11. The van der Waals surface area contributed by atoms with E-state index in [1.54, 1.807) is 0 Å². The molecule has 0 aliphatic rings. The van der Waals surface area contributed by atoms with Crippen LogP contribution in [0, 0.1) is 31.6 Å². The number of hydrogen-bond acceptors (Lipinski definition) is 6. The number of H-pyrrole nitrogens is 1. The number of nitrogens with one attached hydrogen (secondary N) is 1. The SMILES string of the molecule is N#CC(=Cc1cc([N+](=O)[O-])c(Cl)cc1Cl)c1nc2ccc([N+](=O)[O-])cc2[nH]1. The summed E-state index contributed by atoms with van der Waals surface area (Å²) in [5, 5.41) is 31.3. The lowest BCUT2D eigenvalue weighted by atomic mass is 10.1. The Labute approximate surface area is 160 Å². The highest BCUT2D eigenvalue weighted by atomic mass is 35.5. The van der Waals surface area contributed by atoms with Gasteiger partial charge in [0.25, 0.3) is 11.4 Å².